The zero-order valence-corrected chi connectivity index (χ0v) is 24.6. The Morgan fingerprint density at radius 3 is 2.62 bits per heavy atom. The van der Waals surface area contributed by atoms with Crippen LogP contribution in [0.25, 0.3) is 11.2 Å². The van der Waals surface area contributed by atoms with Crippen molar-refractivity contribution in [3.8, 4) is 5.75 Å². The zero-order valence-electron chi connectivity index (χ0n) is 23.7. The second-order valence-corrected chi connectivity index (χ2v) is 12.4. The van der Waals surface area contributed by atoms with Gasteiger partial charge in [-0.25, -0.2) is 19.5 Å². The molecule has 0 spiro atoms. The predicted octanol–water partition coefficient (Wildman–Crippen LogP) is 2.78. The molecule has 2 aromatic heterocycles. The van der Waals surface area contributed by atoms with Crippen molar-refractivity contribution < 1.29 is 38.1 Å². The third-order valence-electron chi connectivity index (χ3n) is 7.56. The summed E-state index contributed by atoms with van der Waals surface area (Å²) in [6.45, 7) is 4.82. The number of nitrogen functional groups attached to an aromatic ring is 1. The van der Waals surface area contributed by atoms with Crippen LogP contribution < -0.4 is 15.3 Å². The fourth-order valence-electron chi connectivity index (χ4n) is 5.24. The molecule has 14 nitrogen and oxygen atoms in total. The van der Waals surface area contributed by atoms with Crippen molar-refractivity contribution in [3.05, 3.63) is 42.5 Å². The van der Waals surface area contributed by atoms with Gasteiger partial charge in [0.15, 0.2) is 17.7 Å². The molecule has 3 aromatic rings. The van der Waals surface area contributed by atoms with E-state index in [1.807, 2.05) is 0 Å². The molecule has 7 atom stereocenters. The number of hydrogen-bond acceptors (Lipinski definition) is 12. The first-order valence-electron chi connectivity index (χ1n) is 14.0. The first-order valence-corrected chi connectivity index (χ1v) is 15.6. The number of nitrogens with zero attached hydrogens (tertiary/aromatic N) is 4. The number of para-hydroxylation sites is 1. The Kier molecular flexibility index (Phi) is 9.11. The van der Waals surface area contributed by atoms with Gasteiger partial charge in [-0.05, 0) is 58.1 Å². The quantitative estimate of drug-likeness (QED) is 0.195. The summed E-state index contributed by atoms with van der Waals surface area (Å²) in [5.41, 5.74) is 7.18. The topological polar surface area (TPSA) is 193 Å². The number of imidazole rings is 1. The lowest BCUT2D eigenvalue weighted by atomic mass is 9.98. The maximum absolute atomic E-state index is 14.2. The van der Waals surface area contributed by atoms with Crippen LogP contribution in [0.2, 0.25) is 0 Å². The van der Waals surface area contributed by atoms with Gasteiger partial charge in [0, 0.05) is 0 Å². The van der Waals surface area contributed by atoms with E-state index in [0.29, 0.717) is 16.7 Å². The van der Waals surface area contributed by atoms with Gasteiger partial charge in [0.05, 0.1) is 12.4 Å². The van der Waals surface area contributed by atoms with Gasteiger partial charge < -0.3 is 29.9 Å². The standard InChI is InChI=1S/C27H37N6O8P/c1-15-9-7-8-12-19(15)41-42(37,32-16(2)27(36)38-18-10-5-4-6-11-18)40-17(3)23-21(34)22(35)26(39-23)33-14-31-20-24(28)29-13-30-25(20)33/h7-9,12-14,16-18,21-23,26,34-35H,4-6,10-11H2,1-3H3,(H,32,37)(H2,28,29,30)/t16-,17-,21-,22+,23+,26+,42?/m0/s1. The molecule has 42 heavy (non-hydrogen) atoms. The predicted molar refractivity (Wildman–Crippen MR) is 151 cm³/mol. The third kappa shape index (κ3) is 6.43. The van der Waals surface area contributed by atoms with E-state index in [1.54, 1.807) is 31.2 Å². The van der Waals surface area contributed by atoms with E-state index in [1.165, 1.54) is 31.1 Å². The number of benzene rings is 1. The number of aryl methyl sites for hydroxylation is 1. The number of anilines is 1. The fourth-order valence-corrected chi connectivity index (χ4v) is 7.00. The number of carbonyl (C=O) groups is 1. The van der Waals surface area contributed by atoms with E-state index in [9.17, 15) is 19.6 Å². The summed E-state index contributed by atoms with van der Waals surface area (Å²) < 4.78 is 39.1. The number of rotatable bonds is 10. The number of nitrogens with one attached hydrogen (secondary N) is 1. The molecule has 0 bridgehead atoms. The molecule has 0 radical (unpaired) electrons. The molecule has 1 aliphatic heterocycles. The van der Waals surface area contributed by atoms with Crippen LogP contribution in [-0.4, -0.2) is 72.3 Å². The molecule has 1 aliphatic carbocycles. The average molecular weight is 605 g/mol. The van der Waals surface area contributed by atoms with E-state index in [2.05, 4.69) is 20.0 Å². The van der Waals surface area contributed by atoms with Crippen LogP contribution in [0.3, 0.4) is 0 Å². The Bertz CT molecular complexity index is 1450. The van der Waals surface area contributed by atoms with Crippen LogP contribution in [0.15, 0.2) is 36.9 Å². The van der Waals surface area contributed by atoms with Crippen molar-refractivity contribution in [1.82, 2.24) is 24.6 Å². The van der Waals surface area contributed by atoms with E-state index in [0.717, 1.165) is 32.1 Å². The maximum Gasteiger partial charge on any atom is 0.459 e. The Hall–Kier alpha value is -3.13. The van der Waals surface area contributed by atoms with Crippen LogP contribution in [-0.2, 0) is 23.4 Å². The molecule has 1 saturated carbocycles. The first kappa shape index (κ1) is 30.3. The molecule has 1 unspecified atom stereocenters. The summed E-state index contributed by atoms with van der Waals surface area (Å²) in [5, 5.41) is 24.5. The SMILES string of the molecule is Cc1ccccc1OP(=O)(N[C@@H](C)C(=O)OC1CCCCC1)O[C@@H](C)[C@H]1O[C@@H](n2cnc3c(N)ncnc32)[C@H](O)[C@@H]1O. The third-order valence-corrected chi connectivity index (χ3v) is 9.31. The van der Waals surface area contributed by atoms with Crippen molar-refractivity contribution in [2.45, 2.75) is 95.7 Å². The monoisotopic (exact) mass is 604 g/mol. The Labute approximate surface area is 243 Å². The minimum absolute atomic E-state index is 0.150. The van der Waals surface area contributed by atoms with Crippen molar-refractivity contribution in [2.75, 3.05) is 5.73 Å². The van der Waals surface area contributed by atoms with Crippen LogP contribution in [0.5, 0.6) is 5.75 Å². The highest BCUT2D eigenvalue weighted by atomic mass is 31.2. The van der Waals surface area contributed by atoms with E-state index in [4.69, 9.17) is 24.3 Å². The van der Waals surface area contributed by atoms with E-state index < -0.39 is 50.4 Å². The summed E-state index contributed by atoms with van der Waals surface area (Å²) in [6.07, 6.45) is 0.893. The average Bonchev–Trinajstić information content (AvgIpc) is 3.52. The summed E-state index contributed by atoms with van der Waals surface area (Å²) in [6, 6.07) is 5.88. The number of nitrogens with two attached hydrogens (primary N) is 1. The molecule has 228 valence electrons. The molecule has 2 aliphatic rings. The smallest absolute Gasteiger partial charge is 0.459 e. The first-order chi connectivity index (χ1) is 20.1. The zero-order chi connectivity index (χ0) is 30.0. The van der Waals surface area contributed by atoms with Gasteiger partial charge in [-0.3, -0.25) is 13.9 Å². The Balaban J connectivity index is 1.34. The van der Waals surface area contributed by atoms with Gasteiger partial charge in [0.25, 0.3) is 0 Å². The lowest BCUT2D eigenvalue weighted by Gasteiger charge is -2.29. The molecule has 3 heterocycles. The highest BCUT2D eigenvalue weighted by Crippen LogP contribution is 2.48. The van der Waals surface area contributed by atoms with Crippen LogP contribution in [0.4, 0.5) is 5.82 Å². The van der Waals surface area contributed by atoms with Crippen molar-refractivity contribution in [3.63, 3.8) is 0 Å². The highest BCUT2D eigenvalue weighted by molar-refractivity contribution is 7.52. The van der Waals surface area contributed by atoms with Crippen LogP contribution in [0.1, 0.15) is 57.7 Å². The number of carbonyl (C=O) groups excluding carboxylic acids is 1. The van der Waals surface area contributed by atoms with E-state index >= 15 is 0 Å². The highest BCUT2D eigenvalue weighted by Gasteiger charge is 2.49. The summed E-state index contributed by atoms with van der Waals surface area (Å²) >= 11 is 0. The molecular weight excluding hydrogens is 567 g/mol. The summed E-state index contributed by atoms with van der Waals surface area (Å²) in [7, 11) is -4.29. The van der Waals surface area contributed by atoms with Gasteiger partial charge in [-0.15, -0.1) is 0 Å². The summed E-state index contributed by atoms with van der Waals surface area (Å²) in [5.74, 6) is -0.148. The fraction of sp³-hybridized carbons (Fsp3) is 0.556. The Morgan fingerprint density at radius 2 is 1.88 bits per heavy atom. The van der Waals surface area contributed by atoms with Gasteiger partial charge in [0.2, 0.25) is 0 Å². The molecule has 1 aromatic carbocycles. The molecule has 2 fully saturated rings. The summed E-state index contributed by atoms with van der Waals surface area (Å²) in [4.78, 5) is 25.2. The number of esters is 1. The largest absolute Gasteiger partial charge is 0.461 e. The number of aliphatic hydroxyl groups excluding tert-OH is 2. The lowest BCUT2D eigenvalue weighted by molar-refractivity contribution is -0.152. The second kappa shape index (κ2) is 12.6. The molecule has 0 amide bonds. The second-order valence-electron chi connectivity index (χ2n) is 10.8. The number of aromatic nitrogens is 4. The molecular formula is C27H37N6O8P. The minimum Gasteiger partial charge on any atom is -0.461 e. The molecule has 5 rings (SSSR count). The van der Waals surface area contributed by atoms with Crippen molar-refractivity contribution >= 4 is 30.7 Å². The molecule has 1 saturated heterocycles. The van der Waals surface area contributed by atoms with Gasteiger partial charge in [0.1, 0.15) is 48.1 Å². The Morgan fingerprint density at radius 1 is 1.14 bits per heavy atom. The van der Waals surface area contributed by atoms with Crippen molar-refractivity contribution in [1.29, 1.82) is 0 Å². The number of aliphatic hydroxyl groups is 2. The molecule has 5 N–H and O–H groups in total. The maximum atomic E-state index is 14.2. The lowest BCUT2D eigenvalue weighted by Crippen LogP contribution is -2.41. The number of hydrogen-bond donors (Lipinski definition) is 4. The van der Waals surface area contributed by atoms with Crippen molar-refractivity contribution in [2.24, 2.45) is 0 Å². The van der Waals surface area contributed by atoms with Gasteiger partial charge in [-0.2, -0.15) is 5.09 Å². The molecule has 15 heteroatoms. The normalized spacial score (nSPS) is 26.0. The van der Waals surface area contributed by atoms with Crippen LogP contribution >= 0.6 is 7.75 Å². The van der Waals surface area contributed by atoms with Gasteiger partial charge >= 0.3 is 13.7 Å². The van der Waals surface area contributed by atoms with E-state index in [-0.39, 0.29) is 17.7 Å². The van der Waals surface area contributed by atoms with Gasteiger partial charge in [-0.1, -0.05) is 24.6 Å². The van der Waals surface area contributed by atoms with Crippen LogP contribution in [0, 0.1) is 6.92 Å². The number of ether oxygens (including phenoxy) is 2. The minimum atomic E-state index is -4.29. The number of fused-ring (bicyclic) bond motifs is 1.